The lowest BCUT2D eigenvalue weighted by molar-refractivity contribution is -0.116. The number of carbonyl (C=O) groups is 3. The van der Waals surface area contributed by atoms with Gasteiger partial charge in [-0.3, -0.25) is 19.3 Å². The van der Waals surface area contributed by atoms with E-state index >= 15 is 0 Å². The van der Waals surface area contributed by atoms with Crippen LogP contribution in [-0.4, -0.2) is 39.1 Å². The van der Waals surface area contributed by atoms with Crippen LogP contribution in [0.25, 0.3) is 22.2 Å². The number of anilines is 1. The molecule has 0 bridgehead atoms. The van der Waals surface area contributed by atoms with Gasteiger partial charge in [0.1, 0.15) is 0 Å². The Balaban J connectivity index is 1.18. The van der Waals surface area contributed by atoms with Crippen LogP contribution in [0.15, 0.2) is 54.0 Å². The quantitative estimate of drug-likeness (QED) is 0.425. The van der Waals surface area contributed by atoms with Crippen molar-refractivity contribution in [3.8, 4) is 11.3 Å². The molecule has 5 rings (SSSR count). The molecule has 7 nitrogen and oxygen atoms in total. The summed E-state index contributed by atoms with van der Waals surface area (Å²) in [6, 6.07) is 13.2. The Labute approximate surface area is 188 Å². The minimum atomic E-state index is -0.297. The van der Waals surface area contributed by atoms with E-state index < -0.39 is 0 Å². The molecular weight excluding hydrogens is 424 g/mol. The molecule has 4 aromatic rings. The number of aromatic amines is 1. The van der Waals surface area contributed by atoms with Crippen LogP contribution >= 0.6 is 11.3 Å². The Kier molecular flexibility index (Phi) is 5.07. The summed E-state index contributed by atoms with van der Waals surface area (Å²) in [4.78, 5) is 46.4. The van der Waals surface area contributed by atoms with E-state index in [1.165, 1.54) is 16.2 Å². The minimum absolute atomic E-state index is 0.189. The molecule has 32 heavy (non-hydrogen) atoms. The van der Waals surface area contributed by atoms with E-state index in [-0.39, 0.29) is 30.7 Å². The van der Waals surface area contributed by atoms with E-state index in [2.05, 4.69) is 15.3 Å². The highest BCUT2D eigenvalue weighted by Gasteiger charge is 2.34. The molecule has 0 unspecified atom stereocenters. The van der Waals surface area contributed by atoms with Crippen LogP contribution in [0.5, 0.6) is 0 Å². The van der Waals surface area contributed by atoms with Crippen molar-refractivity contribution in [2.75, 3.05) is 11.9 Å². The number of aryl methyl sites for hydroxylation is 1. The van der Waals surface area contributed by atoms with E-state index in [9.17, 15) is 14.4 Å². The number of fused-ring (bicyclic) bond motifs is 2. The summed E-state index contributed by atoms with van der Waals surface area (Å²) in [6.45, 7) is 2.09. The number of nitrogens with zero attached hydrogens (tertiary/aromatic N) is 2. The lowest BCUT2D eigenvalue weighted by Crippen LogP contribution is -2.31. The number of benzene rings is 2. The van der Waals surface area contributed by atoms with Crippen LogP contribution in [-0.2, 0) is 4.79 Å². The standard InChI is InChI=1S/C24H20N4O3S/c1-14-8-9-16-17(11-14)23(31)28(22(16)30)10-4-7-21(29)27-24-26-20(13-32-24)18-12-25-19-6-3-2-5-15(18)19/h2-3,5-6,8-9,11-13,25H,4,7,10H2,1H3,(H,26,27,29). The van der Waals surface area contributed by atoms with Gasteiger partial charge in [0.05, 0.1) is 16.8 Å². The topological polar surface area (TPSA) is 95.2 Å². The molecule has 2 N–H and O–H groups in total. The third-order valence-corrected chi connectivity index (χ3v) is 6.29. The van der Waals surface area contributed by atoms with Crippen LogP contribution in [0, 0.1) is 6.92 Å². The molecule has 0 radical (unpaired) electrons. The number of imide groups is 1. The summed E-state index contributed by atoms with van der Waals surface area (Å²) in [6.07, 6.45) is 2.49. The first-order valence-electron chi connectivity index (χ1n) is 10.3. The molecule has 0 atom stereocenters. The average Bonchev–Trinajstić information content (AvgIpc) is 3.47. The predicted molar refractivity (Wildman–Crippen MR) is 124 cm³/mol. The highest BCUT2D eigenvalue weighted by Crippen LogP contribution is 2.31. The van der Waals surface area contributed by atoms with Crippen LogP contribution in [0.1, 0.15) is 39.1 Å². The van der Waals surface area contributed by atoms with Crippen molar-refractivity contribution in [1.82, 2.24) is 14.9 Å². The number of rotatable bonds is 6. The Morgan fingerprint density at radius 3 is 2.78 bits per heavy atom. The number of nitrogens with one attached hydrogen (secondary N) is 2. The molecule has 0 fully saturated rings. The smallest absolute Gasteiger partial charge is 0.261 e. The fourth-order valence-corrected chi connectivity index (χ4v) is 4.65. The normalized spacial score (nSPS) is 13.1. The van der Waals surface area contributed by atoms with Crippen molar-refractivity contribution in [2.45, 2.75) is 19.8 Å². The predicted octanol–water partition coefficient (Wildman–Crippen LogP) is 4.61. The minimum Gasteiger partial charge on any atom is -0.360 e. The van der Waals surface area contributed by atoms with Crippen molar-refractivity contribution >= 4 is 45.1 Å². The number of amides is 3. The number of aromatic nitrogens is 2. The molecule has 0 aliphatic carbocycles. The summed E-state index contributed by atoms with van der Waals surface area (Å²) >= 11 is 1.36. The third-order valence-electron chi connectivity index (χ3n) is 5.53. The Hall–Kier alpha value is -3.78. The van der Waals surface area contributed by atoms with E-state index in [1.807, 2.05) is 48.8 Å². The fourth-order valence-electron chi connectivity index (χ4n) is 3.93. The van der Waals surface area contributed by atoms with Crippen LogP contribution in [0.3, 0.4) is 0 Å². The Morgan fingerprint density at radius 1 is 1.09 bits per heavy atom. The van der Waals surface area contributed by atoms with E-state index in [1.54, 1.807) is 12.1 Å². The largest absolute Gasteiger partial charge is 0.360 e. The fraction of sp³-hybridized carbons (Fsp3) is 0.167. The molecule has 0 spiro atoms. The van der Waals surface area contributed by atoms with Gasteiger partial charge in [-0.05, 0) is 31.5 Å². The number of hydrogen-bond donors (Lipinski definition) is 2. The van der Waals surface area contributed by atoms with Gasteiger partial charge in [0, 0.05) is 41.0 Å². The summed E-state index contributed by atoms with van der Waals surface area (Å²) in [5.74, 6) is -0.789. The van der Waals surface area contributed by atoms with Crippen LogP contribution in [0.2, 0.25) is 0 Å². The van der Waals surface area contributed by atoms with E-state index in [4.69, 9.17) is 0 Å². The van der Waals surface area contributed by atoms with Gasteiger partial charge < -0.3 is 10.3 Å². The molecule has 0 saturated carbocycles. The maximum absolute atomic E-state index is 12.5. The van der Waals surface area contributed by atoms with Crippen molar-refractivity contribution < 1.29 is 14.4 Å². The van der Waals surface area contributed by atoms with Gasteiger partial charge in [-0.15, -0.1) is 11.3 Å². The summed E-state index contributed by atoms with van der Waals surface area (Å²) in [5, 5.41) is 6.32. The average molecular weight is 445 g/mol. The van der Waals surface area contributed by atoms with Crippen LogP contribution < -0.4 is 5.32 Å². The van der Waals surface area contributed by atoms with Gasteiger partial charge in [0.25, 0.3) is 11.8 Å². The zero-order chi connectivity index (χ0) is 22.2. The van der Waals surface area contributed by atoms with Gasteiger partial charge >= 0.3 is 0 Å². The highest BCUT2D eigenvalue weighted by atomic mass is 32.1. The lowest BCUT2D eigenvalue weighted by atomic mass is 10.1. The molecule has 3 heterocycles. The Morgan fingerprint density at radius 2 is 1.91 bits per heavy atom. The number of para-hydroxylation sites is 1. The van der Waals surface area contributed by atoms with Crippen molar-refractivity contribution in [3.63, 3.8) is 0 Å². The molecule has 160 valence electrons. The second kappa shape index (κ2) is 8.05. The molecule has 0 saturated heterocycles. The summed E-state index contributed by atoms with van der Waals surface area (Å²) in [7, 11) is 0. The maximum Gasteiger partial charge on any atom is 0.261 e. The molecule has 1 aliphatic rings. The van der Waals surface area contributed by atoms with Crippen LogP contribution in [0.4, 0.5) is 5.13 Å². The summed E-state index contributed by atoms with van der Waals surface area (Å²) in [5.41, 5.74) is 4.61. The molecule has 8 heteroatoms. The second-order valence-corrected chi connectivity index (χ2v) is 8.61. The van der Waals surface area contributed by atoms with Gasteiger partial charge in [-0.1, -0.05) is 29.8 Å². The molecule has 1 aliphatic heterocycles. The maximum atomic E-state index is 12.5. The van der Waals surface area contributed by atoms with Gasteiger partial charge in [-0.2, -0.15) is 0 Å². The van der Waals surface area contributed by atoms with Gasteiger partial charge in [-0.25, -0.2) is 4.98 Å². The molecule has 2 aromatic carbocycles. The monoisotopic (exact) mass is 444 g/mol. The number of H-pyrrole nitrogens is 1. The van der Waals surface area contributed by atoms with Crippen molar-refractivity contribution in [3.05, 3.63) is 70.7 Å². The van der Waals surface area contributed by atoms with Crippen molar-refractivity contribution in [2.24, 2.45) is 0 Å². The zero-order valence-corrected chi connectivity index (χ0v) is 18.2. The number of thiazole rings is 1. The lowest BCUT2D eigenvalue weighted by Gasteiger charge is -2.13. The molecule has 2 aromatic heterocycles. The van der Waals surface area contributed by atoms with Gasteiger partial charge in [0.2, 0.25) is 5.91 Å². The first-order valence-corrected chi connectivity index (χ1v) is 11.2. The SMILES string of the molecule is Cc1ccc2c(c1)C(=O)N(CCCC(=O)Nc1nc(-c3c[nH]c4ccccc34)cs1)C2=O. The van der Waals surface area contributed by atoms with Gasteiger partial charge in [0.15, 0.2) is 5.13 Å². The highest BCUT2D eigenvalue weighted by molar-refractivity contribution is 7.14. The van der Waals surface area contributed by atoms with Crippen molar-refractivity contribution in [1.29, 1.82) is 0 Å². The second-order valence-electron chi connectivity index (χ2n) is 7.75. The number of hydrogen-bond acceptors (Lipinski definition) is 5. The zero-order valence-electron chi connectivity index (χ0n) is 17.3. The van der Waals surface area contributed by atoms with E-state index in [0.29, 0.717) is 22.7 Å². The summed E-state index contributed by atoms with van der Waals surface area (Å²) < 4.78 is 0. The molecular formula is C24H20N4O3S. The molecule has 3 amide bonds. The first-order chi connectivity index (χ1) is 15.5. The Bertz CT molecular complexity index is 1370. The third kappa shape index (κ3) is 3.58. The van der Waals surface area contributed by atoms with E-state index in [0.717, 1.165) is 27.7 Å². The number of carbonyl (C=O) groups excluding carboxylic acids is 3. The first kappa shape index (κ1) is 20.1.